The maximum absolute atomic E-state index is 8.65. The summed E-state index contributed by atoms with van der Waals surface area (Å²) < 4.78 is 5.76. The van der Waals surface area contributed by atoms with Crippen LogP contribution in [0.5, 0.6) is 5.75 Å². The van der Waals surface area contributed by atoms with E-state index >= 15 is 0 Å². The molecule has 2 aromatic rings. The highest BCUT2D eigenvalue weighted by atomic mass is 79.9. The minimum Gasteiger partial charge on any atom is -0.512 e. The second kappa shape index (κ2) is 5.36. The molecule has 0 heterocycles. The lowest BCUT2D eigenvalue weighted by Gasteiger charge is -2.06. The lowest BCUT2D eigenvalue weighted by molar-refractivity contribution is 0.288. The Morgan fingerprint density at radius 3 is 1.76 bits per heavy atom. The molecular formula is C12H10BBrO3. The van der Waals surface area contributed by atoms with E-state index in [0.29, 0.717) is 5.75 Å². The Balaban J connectivity index is 2.20. The van der Waals surface area contributed by atoms with Gasteiger partial charge in [0, 0.05) is 4.47 Å². The molecule has 2 N–H and O–H groups in total. The van der Waals surface area contributed by atoms with Gasteiger partial charge in [-0.25, -0.2) is 0 Å². The average molecular weight is 293 g/mol. The third-order valence-corrected chi connectivity index (χ3v) is 2.80. The van der Waals surface area contributed by atoms with Gasteiger partial charge in [0.05, 0.1) is 0 Å². The predicted octanol–water partition coefficient (Wildman–Crippen LogP) is 2.46. The molecule has 2 rings (SSSR count). The Kier molecular flexibility index (Phi) is 3.84. The van der Waals surface area contributed by atoms with Crippen LogP contribution in [0.1, 0.15) is 0 Å². The zero-order chi connectivity index (χ0) is 12.3. The SMILES string of the molecule is OB(O)Oc1ccc(-c2ccc(Br)cc2)cc1. The topological polar surface area (TPSA) is 49.7 Å². The van der Waals surface area contributed by atoms with E-state index in [4.69, 9.17) is 14.7 Å². The highest BCUT2D eigenvalue weighted by Gasteiger charge is 2.10. The first kappa shape index (κ1) is 12.2. The predicted molar refractivity (Wildman–Crippen MR) is 70.4 cm³/mol. The summed E-state index contributed by atoms with van der Waals surface area (Å²) in [6.07, 6.45) is 0. The molecule has 0 aromatic heterocycles. The molecule has 0 radical (unpaired) electrons. The van der Waals surface area contributed by atoms with Gasteiger partial charge < -0.3 is 14.7 Å². The van der Waals surface area contributed by atoms with Crippen molar-refractivity contribution < 1.29 is 14.7 Å². The molecule has 0 saturated heterocycles. The first-order chi connectivity index (χ1) is 8.15. The minimum absolute atomic E-state index is 0.417. The van der Waals surface area contributed by atoms with Gasteiger partial charge in [0.15, 0.2) is 0 Å². The summed E-state index contributed by atoms with van der Waals surface area (Å²) in [6.45, 7) is 0. The van der Waals surface area contributed by atoms with Crippen LogP contribution in [0.4, 0.5) is 0 Å². The second-order valence-electron chi connectivity index (χ2n) is 3.48. The van der Waals surface area contributed by atoms with Crippen molar-refractivity contribution in [3.05, 3.63) is 53.0 Å². The van der Waals surface area contributed by atoms with Crippen LogP contribution >= 0.6 is 15.9 Å². The molecule has 0 unspecified atom stereocenters. The molecule has 5 heteroatoms. The third kappa shape index (κ3) is 3.33. The second-order valence-corrected chi connectivity index (χ2v) is 4.39. The smallest absolute Gasteiger partial charge is 0.512 e. The lowest BCUT2D eigenvalue weighted by Crippen LogP contribution is -2.20. The highest BCUT2D eigenvalue weighted by molar-refractivity contribution is 9.10. The minimum atomic E-state index is -1.78. The Morgan fingerprint density at radius 1 is 0.824 bits per heavy atom. The van der Waals surface area contributed by atoms with E-state index in [-0.39, 0.29) is 0 Å². The van der Waals surface area contributed by atoms with Gasteiger partial charge in [-0.05, 0) is 35.4 Å². The number of benzene rings is 2. The Bertz CT molecular complexity index is 482. The van der Waals surface area contributed by atoms with Crippen molar-refractivity contribution in [2.75, 3.05) is 0 Å². The molecule has 17 heavy (non-hydrogen) atoms. The highest BCUT2D eigenvalue weighted by Crippen LogP contribution is 2.24. The molecule has 0 aliphatic carbocycles. The fourth-order valence-electron chi connectivity index (χ4n) is 1.49. The number of rotatable bonds is 3. The molecule has 0 bridgehead atoms. The van der Waals surface area contributed by atoms with Gasteiger partial charge in [-0.3, -0.25) is 0 Å². The summed E-state index contributed by atoms with van der Waals surface area (Å²) >= 11 is 3.38. The summed E-state index contributed by atoms with van der Waals surface area (Å²) in [7, 11) is -1.78. The summed E-state index contributed by atoms with van der Waals surface area (Å²) in [5, 5.41) is 17.3. The quantitative estimate of drug-likeness (QED) is 0.855. The molecule has 0 fully saturated rings. The van der Waals surface area contributed by atoms with Crippen LogP contribution in [-0.2, 0) is 0 Å². The Labute approximate surface area is 108 Å². The van der Waals surface area contributed by atoms with E-state index in [9.17, 15) is 0 Å². The van der Waals surface area contributed by atoms with E-state index in [1.165, 1.54) is 0 Å². The summed E-state index contributed by atoms with van der Waals surface area (Å²) in [5.74, 6) is 0.417. The van der Waals surface area contributed by atoms with E-state index in [1.807, 2.05) is 36.4 Å². The molecule has 0 amide bonds. The van der Waals surface area contributed by atoms with Crippen LogP contribution in [0.3, 0.4) is 0 Å². The van der Waals surface area contributed by atoms with Crippen LogP contribution in [0.25, 0.3) is 11.1 Å². The van der Waals surface area contributed by atoms with Crippen molar-refractivity contribution in [2.45, 2.75) is 0 Å². The van der Waals surface area contributed by atoms with Gasteiger partial charge in [-0.15, -0.1) is 0 Å². The summed E-state index contributed by atoms with van der Waals surface area (Å²) in [5.41, 5.74) is 2.13. The van der Waals surface area contributed by atoms with Gasteiger partial charge in [0.2, 0.25) is 0 Å². The van der Waals surface area contributed by atoms with Crippen LogP contribution in [0, 0.1) is 0 Å². The standard InChI is InChI=1S/C12H10BBrO3/c14-11-5-1-9(2-6-11)10-3-7-12(8-4-10)17-13(15)16/h1-8,15-16H. The zero-order valence-corrected chi connectivity index (χ0v) is 10.5. The molecule has 0 atom stereocenters. The molecular weight excluding hydrogens is 283 g/mol. The number of hydrogen-bond donors (Lipinski definition) is 2. The molecule has 3 nitrogen and oxygen atoms in total. The van der Waals surface area contributed by atoms with Crippen molar-refractivity contribution in [3.63, 3.8) is 0 Å². The average Bonchev–Trinajstić information content (AvgIpc) is 2.30. The zero-order valence-electron chi connectivity index (χ0n) is 8.88. The maximum atomic E-state index is 8.65. The third-order valence-electron chi connectivity index (χ3n) is 2.27. The summed E-state index contributed by atoms with van der Waals surface area (Å²) in [4.78, 5) is 0. The van der Waals surface area contributed by atoms with E-state index in [2.05, 4.69) is 15.9 Å². The van der Waals surface area contributed by atoms with Crippen molar-refractivity contribution in [3.8, 4) is 16.9 Å². The maximum Gasteiger partial charge on any atom is 0.707 e. The lowest BCUT2D eigenvalue weighted by atomic mass is 10.1. The van der Waals surface area contributed by atoms with E-state index < -0.39 is 7.32 Å². The van der Waals surface area contributed by atoms with Crippen molar-refractivity contribution in [2.24, 2.45) is 0 Å². The van der Waals surface area contributed by atoms with Crippen molar-refractivity contribution >= 4 is 23.3 Å². The van der Waals surface area contributed by atoms with Crippen LogP contribution in [-0.4, -0.2) is 17.4 Å². The fraction of sp³-hybridized carbons (Fsp3) is 0. The van der Waals surface area contributed by atoms with Crippen LogP contribution in [0.15, 0.2) is 53.0 Å². The molecule has 2 aromatic carbocycles. The molecule has 0 aliphatic rings. The largest absolute Gasteiger partial charge is 0.707 e. The molecule has 86 valence electrons. The van der Waals surface area contributed by atoms with E-state index in [0.717, 1.165) is 15.6 Å². The van der Waals surface area contributed by atoms with Crippen molar-refractivity contribution in [1.82, 2.24) is 0 Å². The number of halogens is 1. The Morgan fingerprint density at radius 2 is 1.29 bits per heavy atom. The fourth-order valence-corrected chi connectivity index (χ4v) is 1.75. The molecule has 0 spiro atoms. The summed E-state index contributed by atoms with van der Waals surface area (Å²) in [6, 6.07) is 15.0. The first-order valence-corrected chi connectivity index (χ1v) is 5.83. The van der Waals surface area contributed by atoms with Gasteiger partial charge in [0.1, 0.15) is 5.75 Å². The van der Waals surface area contributed by atoms with Crippen LogP contribution < -0.4 is 4.65 Å². The Hall–Kier alpha value is -1.30. The van der Waals surface area contributed by atoms with Gasteiger partial charge in [0.25, 0.3) is 0 Å². The molecule has 0 aliphatic heterocycles. The van der Waals surface area contributed by atoms with E-state index in [1.54, 1.807) is 12.1 Å². The van der Waals surface area contributed by atoms with Gasteiger partial charge in [-0.1, -0.05) is 40.2 Å². The normalized spacial score (nSPS) is 10.1. The monoisotopic (exact) mass is 292 g/mol. The van der Waals surface area contributed by atoms with Gasteiger partial charge in [-0.2, -0.15) is 0 Å². The van der Waals surface area contributed by atoms with Crippen LogP contribution in [0.2, 0.25) is 0 Å². The van der Waals surface area contributed by atoms with Gasteiger partial charge >= 0.3 is 7.32 Å². The van der Waals surface area contributed by atoms with Crippen molar-refractivity contribution in [1.29, 1.82) is 0 Å². The molecule has 0 saturated carbocycles. The first-order valence-electron chi connectivity index (χ1n) is 5.04. The number of hydrogen-bond acceptors (Lipinski definition) is 3.